The van der Waals surface area contributed by atoms with E-state index in [1.165, 1.54) is 17.4 Å². The summed E-state index contributed by atoms with van der Waals surface area (Å²) in [4.78, 5) is 81.8. The lowest BCUT2D eigenvalue weighted by Crippen LogP contribution is -2.60. The summed E-state index contributed by atoms with van der Waals surface area (Å²) < 4.78 is 5.80. The molecule has 0 radical (unpaired) electrons. The molecule has 6 unspecified atom stereocenters. The van der Waals surface area contributed by atoms with Crippen molar-refractivity contribution < 1.29 is 33.5 Å². The van der Waals surface area contributed by atoms with Gasteiger partial charge in [0.15, 0.2) is 0 Å². The number of anilines is 1. The van der Waals surface area contributed by atoms with Crippen LogP contribution in [0.25, 0.3) is 0 Å². The fourth-order valence-corrected chi connectivity index (χ4v) is 8.43. The molecule has 2 aliphatic heterocycles. The maximum atomic E-state index is 13.5. The molecule has 2 aromatic rings. The van der Waals surface area contributed by atoms with E-state index >= 15 is 0 Å². The fraction of sp³-hybridized carbons (Fsp3) is 0.483. The predicted octanol–water partition coefficient (Wildman–Crippen LogP) is 2.70. The number of hydrogen-bond acceptors (Lipinski definition) is 10. The summed E-state index contributed by atoms with van der Waals surface area (Å²) in [6.45, 7) is 2.21. The molecule has 12 heteroatoms. The van der Waals surface area contributed by atoms with Crippen LogP contribution in [0.3, 0.4) is 0 Å². The first kappa shape index (κ1) is 26.0. The maximum absolute atomic E-state index is 13.5. The van der Waals surface area contributed by atoms with Gasteiger partial charge in [-0.15, -0.1) is 11.3 Å². The van der Waals surface area contributed by atoms with Gasteiger partial charge < -0.3 is 10.1 Å². The highest BCUT2D eigenvalue weighted by molar-refractivity contribution is 7.09. The predicted molar refractivity (Wildman–Crippen MR) is 144 cm³/mol. The molecule has 2 N–H and O–H groups in total. The molecular formula is C29H28N4O7S. The molecule has 1 aromatic carbocycles. The van der Waals surface area contributed by atoms with E-state index in [0.29, 0.717) is 28.8 Å². The van der Waals surface area contributed by atoms with Gasteiger partial charge in [-0.25, -0.2) is 4.98 Å². The highest BCUT2D eigenvalue weighted by atomic mass is 32.1. The molecule has 5 fully saturated rings. The number of carbonyl (C=O) groups excluding carboxylic acids is 6. The molecule has 4 saturated carbocycles. The minimum atomic E-state index is -1.04. The summed E-state index contributed by atoms with van der Waals surface area (Å²) >= 11 is 1.30. The second-order valence-corrected chi connectivity index (χ2v) is 12.8. The number of aromatic nitrogens is 1. The zero-order valence-corrected chi connectivity index (χ0v) is 23.1. The molecule has 4 bridgehead atoms. The first-order valence-electron chi connectivity index (χ1n) is 13.9. The number of imide groups is 2. The second kappa shape index (κ2) is 9.30. The van der Waals surface area contributed by atoms with Crippen molar-refractivity contribution in [2.24, 2.45) is 29.1 Å². The van der Waals surface area contributed by atoms with Gasteiger partial charge in [0.25, 0.3) is 11.8 Å². The SMILES string of the molecule is CC1C2CC3CC(CC1(C(=O)Oc1csc(CNc4cccc5c4C(=O)N(C4CCC(=O)NC4=O)C5=O)n1)C3)C2=O. The first-order chi connectivity index (χ1) is 19.7. The van der Waals surface area contributed by atoms with E-state index in [1.807, 2.05) is 6.92 Å². The number of carbonyl (C=O) groups is 6. The minimum absolute atomic E-state index is 0.0421. The Balaban J connectivity index is 1.04. The zero-order chi connectivity index (χ0) is 28.6. The van der Waals surface area contributed by atoms with E-state index < -0.39 is 35.1 Å². The fourth-order valence-electron chi connectivity index (χ4n) is 7.79. The third-order valence-electron chi connectivity index (χ3n) is 9.74. The van der Waals surface area contributed by atoms with Crippen LogP contribution in [-0.4, -0.2) is 51.3 Å². The summed E-state index contributed by atoms with van der Waals surface area (Å²) in [5.74, 6) is -1.81. The van der Waals surface area contributed by atoms with Crippen LogP contribution in [0.1, 0.15) is 71.2 Å². The maximum Gasteiger partial charge on any atom is 0.319 e. The molecule has 212 valence electrons. The van der Waals surface area contributed by atoms with Crippen molar-refractivity contribution in [2.75, 3.05) is 5.32 Å². The number of rotatable bonds is 6. The number of nitrogens with one attached hydrogen (secondary N) is 2. The topological polar surface area (TPSA) is 152 Å². The number of piperidine rings is 1. The van der Waals surface area contributed by atoms with E-state index in [1.54, 1.807) is 17.5 Å². The monoisotopic (exact) mass is 576 g/mol. The number of benzene rings is 1. The van der Waals surface area contributed by atoms with E-state index in [2.05, 4.69) is 15.6 Å². The van der Waals surface area contributed by atoms with Gasteiger partial charge in [0.05, 0.1) is 28.5 Å². The van der Waals surface area contributed by atoms with Crippen LogP contribution < -0.4 is 15.4 Å². The van der Waals surface area contributed by atoms with E-state index in [-0.39, 0.29) is 60.1 Å². The Morgan fingerprint density at radius 1 is 1.17 bits per heavy atom. The third kappa shape index (κ3) is 3.94. The zero-order valence-electron chi connectivity index (χ0n) is 22.3. The van der Waals surface area contributed by atoms with Crippen molar-refractivity contribution in [3.05, 3.63) is 39.7 Å². The van der Waals surface area contributed by atoms with Gasteiger partial charge in [0.2, 0.25) is 17.7 Å². The Morgan fingerprint density at radius 3 is 2.80 bits per heavy atom. The highest BCUT2D eigenvalue weighted by Crippen LogP contribution is 2.61. The van der Waals surface area contributed by atoms with Crippen LogP contribution in [-0.2, 0) is 25.7 Å². The van der Waals surface area contributed by atoms with Crippen molar-refractivity contribution >= 4 is 52.4 Å². The Kier molecular flexibility index (Phi) is 5.90. The summed E-state index contributed by atoms with van der Waals surface area (Å²) in [5.41, 5.74) is 0.118. The number of nitrogens with zero attached hydrogens (tertiary/aromatic N) is 2. The Hall–Kier alpha value is -3.93. The van der Waals surface area contributed by atoms with Crippen LogP contribution in [0.15, 0.2) is 23.6 Å². The van der Waals surface area contributed by atoms with Gasteiger partial charge in [-0.05, 0) is 56.1 Å². The average Bonchev–Trinajstić information content (AvgIpc) is 3.50. The molecule has 1 aromatic heterocycles. The lowest BCUT2D eigenvalue weighted by molar-refractivity contribution is -0.177. The quantitative estimate of drug-likeness (QED) is 0.391. The van der Waals surface area contributed by atoms with Gasteiger partial charge in [0, 0.05) is 23.9 Å². The molecule has 4 amide bonds. The third-order valence-corrected chi connectivity index (χ3v) is 10.6. The van der Waals surface area contributed by atoms with E-state index in [9.17, 15) is 28.8 Å². The molecule has 41 heavy (non-hydrogen) atoms. The summed E-state index contributed by atoms with van der Waals surface area (Å²) in [7, 11) is 0. The number of esters is 1. The first-order valence-corrected chi connectivity index (χ1v) is 14.8. The van der Waals surface area contributed by atoms with Crippen LogP contribution in [0.2, 0.25) is 0 Å². The standard InChI is InChI=1S/C29H28N4O7S/c1-13-17-8-14-7-15(24(17)35)10-29(13,9-14)28(39)40-21-12-41-22(32-21)11-30-18-4-2-3-16-23(18)27(38)33(26(16)37)19-5-6-20(34)31-25(19)36/h2-4,12-15,17,19,30H,5-11H2,1H3,(H,31,34,36). The summed E-state index contributed by atoms with van der Waals surface area (Å²) in [6, 6.07) is 3.81. The van der Waals surface area contributed by atoms with Crippen LogP contribution in [0.4, 0.5) is 5.69 Å². The van der Waals surface area contributed by atoms with Crippen LogP contribution in [0, 0.1) is 29.1 Å². The van der Waals surface area contributed by atoms with Crippen molar-refractivity contribution in [3.63, 3.8) is 0 Å². The van der Waals surface area contributed by atoms with Crippen molar-refractivity contribution in [3.8, 4) is 5.88 Å². The van der Waals surface area contributed by atoms with Gasteiger partial charge in [-0.3, -0.25) is 39.0 Å². The average molecular weight is 577 g/mol. The van der Waals surface area contributed by atoms with E-state index in [4.69, 9.17) is 4.74 Å². The van der Waals surface area contributed by atoms with Gasteiger partial charge in [-0.2, -0.15) is 0 Å². The van der Waals surface area contributed by atoms with Crippen LogP contribution >= 0.6 is 11.3 Å². The molecule has 3 heterocycles. The molecule has 1 saturated heterocycles. The van der Waals surface area contributed by atoms with Gasteiger partial charge >= 0.3 is 5.97 Å². The number of Topliss-reactive ketones (excluding diaryl/α,β-unsaturated/α-hetero) is 1. The molecule has 11 nitrogen and oxygen atoms in total. The number of amides is 4. The Labute approximate surface area is 239 Å². The molecule has 8 rings (SSSR count). The Bertz CT molecular complexity index is 1550. The lowest BCUT2D eigenvalue weighted by atomic mass is 9.45. The highest BCUT2D eigenvalue weighted by Gasteiger charge is 2.63. The number of ketones is 1. The molecule has 6 aliphatic rings. The lowest BCUT2D eigenvalue weighted by Gasteiger charge is -2.57. The minimum Gasteiger partial charge on any atom is -0.406 e. The number of fused-ring (bicyclic) bond motifs is 1. The number of hydrogen-bond donors (Lipinski definition) is 2. The largest absolute Gasteiger partial charge is 0.406 e. The van der Waals surface area contributed by atoms with Crippen LogP contribution in [0.5, 0.6) is 5.88 Å². The normalized spacial score (nSPS) is 31.9. The van der Waals surface area contributed by atoms with Crippen molar-refractivity contribution in [1.29, 1.82) is 0 Å². The van der Waals surface area contributed by atoms with Gasteiger partial charge in [-0.1, -0.05) is 13.0 Å². The second-order valence-electron chi connectivity index (χ2n) is 11.9. The molecule has 4 aliphatic carbocycles. The number of thiazole rings is 1. The van der Waals surface area contributed by atoms with Crippen molar-refractivity contribution in [1.82, 2.24) is 15.2 Å². The van der Waals surface area contributed by atoms with Gasteiger partial charge in [0.1, 0.15) is 16.8 Å². The van der Waals surface area contributed by atoms with E-state index in [0.717, 1.165) is 24.2 Å². The molecule has 0 spiro atoms. The summed E-state index contributed by atoms with van der Waals surface area (Å²) in [5, 5.41) is 7.63. The summed E-state index contributed by atoms with van der Waals surface area (Å²) in [6.07, 6.45) is 3.20. The molecular weight excluding hydrogens is 548 g/mol. The van der Waals surface area contributed by atoms with Crippen molar-refractivity contribution in [2.45, 2.75) is 58.0 Å². The number of ether oxygens (including phenoxy) is 1. The Morgan fingerprint density at radius 2 is 2.00 bits per heavy atom. The smallest absolute Gasteiger partial charge is 0.319 e. The molecule has 6 atom stereocenters.